The summed E-state index contributed by atoms with van der Waals surface area (Å²) in [6.07, 6.45) is 4.03. The molecular weight excluding hydrogens is 284 g/mol. The van der Waals surface area contributed by atoms with Crippen molar-refractivity contribution in [1.82, 2.24) is 4.98 Å². The van der Waals surface area contributed by atoms with Gasteiger partial charge in [-0.1, -0.05) is 31.5 Å². The van der Waals surface area contributed by atoms with E-state index in [1.807, 2.05) is 38.1 Å². The van der Waals surface area contributed by atoms with E-state index in [9.17, 15) is 4.79 Å². The third-order valence-electron chi connectivity index (χ3n) is 3.09. The van der Waals surface area contributed by atoms with Crippen molar-refractivity contribution in [1.29, 1.82) is 0 Å². The zero-order valence-electron chi connectivity index (χ0n) is 12.3. The van der Waals surface area contributed by atoms with Crippen molar-refractivity contribution in [2.45, 2.75) is 26.8 Å². The molecule has 2 aromatic rings. The van der Waals surface area contributed by atoms with Crippen LogP contribution in [-0.2, 0) is 11.3 Å². The average Bonchev–Trinajstić information content (AvgIpc) is 2.46. The van der Waals surface area contributed by atoms with Gasteiger partial charge in [0.1, 0.15) is 0 Å². The van der Waals surface area contributed by atoms with E-state index >= 15 is 0 Å². The molecule has 1 aromatic heterocycles. The number of benzene rings is 1. The number of aromatic nitrogens is 1. The molecule has 0 spiro atoms. The zero-order valence-corrected chi connectivity index (χ0v) is 13.0. The van der Waals surface area contributed by atoms with Crippen LogP contribution < -0.4 is 4.90 Å². The van der Waals surface area contributed by atoms with Crippen LogP contribution in [0.1, 0.15) is 25.8 Å². The van der Waals surface area contributed by atoms with E-state index < -0.39 is 0 Å². The van der Waals surface area contributed by atoms with Crippen LogP contribution in [0.2, 0.25) is 5.02 Å². The molecule has 4 heteroatoms. The molecule has 0 radical (unpaired) electrons. The van der Waals surface area contributed by atoms with Gasteiger partial charge in [0, 0.05) is 29.5 Å². The minimum Gasteiger partial charge on any atom is -0.308 e. The van der Waals surface area contributed by atoms with Crippen molar-refractivity contribution in [2.75, 3.05) is 4.90 Å². The maximum Gasteiger partial charge on any atom is 0.227 e. The van der Waals surface area contributed by atoms with Crippen molar-refractivity contribution in [2.24, 2.45) is 5.92 Å². The van der Waals surface area contributed by atoms with Gasteiger partial charge in [0.05, 0.1) is 6.54 Å². The van der Waals surface area contributed by atoms with Crippen LogP contribution in [0, 0.1) is 5.92 Å². The van der Waals surface area contributed by atoms with Crippen LogP contribution >= 0.6 is 11.6 Å². The highest BCUT2D eigenvalue weighted by Crippen LogP contribution is 2.22. The smallest absolute Gasteiger partial charge is 0.227 e. The number of pyridine rings is 1. The Morgan fingerprint density at radius 2 is 1.95 bits per heavy atom. The monoisotopic (exact) mass is 302 g/mol. The van der Waals surface area contributed by atoms with Gasteiger partial charge in [0.2, 0.25) is 5.91 Å². The summed E-state index contributed by atoms with van der Waals surface area (Å²) in [5, 5.41) is 0.663. The Morgan fingerprint density at radius 1 is 1.24 bits per heavy atom. The Balaban J connectivity index is 2.25. The summed E-state index contributed by atoms with van der Waals surface area (Å²) < 4.78 is 0. The van der Waals surface area contributed by atoms with Crippen LogP contribution in [0.5, 0.6) is 0 Å². The largest absolute Gasteiger partial charge is 0.308 e. The maximum atomic E-state index is 12.5. The highest BCUT2D eigenvalue weighted by Gasteiger charge is 2.17. The summed E-state index contributed by atoms with van der Waals surface area (Å²) in [6, 6.07) is 11.2. The first kappa shape index (κ1) is 15.5. The fourth-order valence-corrected chi connectivity index (χ4v) is 2.20. The van der Waals surface area contributed by atoms with Crippen LogP contribution in [0.15, 0.2) is 48.8 Å². The summed E-state index contributed by atoms with van der Waals surface area (Å²) in [7, 11) is 0. The third-order valence-corrected chi connectivity index (χ3v) is 3.34. The van der Waals surface area contributed by atoms with Crippen LogP contribution in [-0.4, -0.2) is 10.9 Å². The van der Waals surface area contributed by atoms with E-state index in [1.165, 1.54) is 0 Å². The molecule has 0 aliphatic rings. The molecule has 1 heterocycles. The lowest BCUT2D eigenvalue weighted by Gasteiger charge is -2.24. The summed E-state index contributed by atoms with van der Waals surface area (Å²) >= 11 is 5.93. The average molecular weight is 303 g/mol. The van der Waals surface area contributed by atoms with Crippen molar-refractivity contribution < 1.29 is 4.79 Å². The Labute approximate surface area is 130 Å². The number of hydrogen-bond donors (Lipinski definition) is 0. The number of anilines is 1. The topological polar surface area (TPSA) is 33.2 Å². The van der Waals surface area contributed by atoms with Crippen molar-refractivity contribution in [3.63, 3.8) is 0 Å². The molecule has 21 heavy (non-hydrogen) atoms. The van der Waals surface area contributed by atoms with Crippen molar-refractivity contribution in [3.05, 3.63) is 59.4 Å². The fraction of sp³-hybridized carbons (Fsp3) is 0.294. The third kappa shape index (κ3) is 4.57. The van der Waals surface area contributed by atoms with Gasteiger partial charge in [-0.2, -0.15) is 0 Å². The summed E-state index contributed by atoms with van der Waals surface area (Å²) in [6.45, 7) is 4.60. The van der Waals surface area contributed by atoms with Crippen molar-refractivity contribution in [3.8, 4) is 0 Å². The summed E-state index contributed by atoms with van der Waals surface area (Å²) in [5.41, 5.74) is 1.86. The Hall–Kier alpha value is -1.87. The fourth-order valence-electron chi connectivity index (χ4n) is 2.08. The standard InChI is InChI=1S/C17H19ClN2O/c1-13(2)10-17(21)20(12-14-4-3-9-19-11-14)16-7-5-15(18)6-8-16/h3-9,11,13H,10,12H2,1-2H3. The van der Waals surface area contributed by atoms with Crippen LogP contribution in [0.3, 0.4) is 0 Å². The Bertz CT molecular complexity index is 581. The SMILES string of the molecule is CC(C)CC(=O)N(Cc1cccnc1)c1ccc(Cl)cc1. The molecule has 0 atom stereocenters. The summed E-state index contributed by atoms with van der Waals surface area (Å²) in [4.78, 5) is 18.4. The number of halogens is 1. The van der Waals surface area contributed by atoms with Crippen molar-refractivity contribution >= 4 is 23.2 Å². The lowest BCUT2D eigenvalue weighted by Crippen LogP contribution is -2.31. The summed E-state index contributed by atoms with van der Waals surface area (Å²) in [5.74, 6) is 0.428. The van der Waals surface area contributed by atoms with Gasteiger partial charge < -0.3 is 4.90 Å². The Morgan fingerprint density at radius 3 is 2.52 bits per heavy atom. The molecule has 110 valence electrons. The number of hydrogen-bond acceptors (Lipinski definition) is 2. The molecular formula is C17H19ClN2O. The van der Waals surface area contributed by atoms with Gasteiger partial charge in [-0.05, 0) is 41.8 Å². The second kappa shape index (κ2) is 7.23. The molecule has 0 bridgehead atoms. The highest BCUT2D eigenvalue weighted by atomic mass is 35.5. The predicted octanol–water partition coefficient (Wildman–Crippen LogP) is 4.31. The van der Waals surface area contributed by atoms with Gasteiger partial charge in [-0.3, -0.25) is 9.78 Å². The number of carbonyl (C=O) groups excluding carboxylic acids is 1. The van der Waals surface area contributed by atoms with E-state index in [0.717, 1.165) is 11.3 Å². The first-order chi connectivity index (χ1) is 10.1. The Kier molecular flexibility index (Phi) is 5.34. The zero-order chi connectivity index (χ0) is 15.2. The minimum atomic E-state index is 0.108. The molecule has 1 aromatic carbocycles. The predicted molar refractivity (Wildman–Crippen MR) is 86.3 cm³/mol. The second-order valence-corrected chi connectivity index (χ2v) is 5.85. The lowest BCUT2D eigenvalue weighted by molar-refractivity contribution is -0.119. The molecule has 0 N–H and O–H groups in total. The van der Waals surface area contributed by atoms with Gasteiger partial charge in [0.15, 0.2) is 0 Å². The number of nitrogens with zero attached hydrogens (tertiary/aromatic N) is 2. The van der Waals surface area contributed by atoms with E-state index in [1.54, 1.807) is 29.4 Å². The van der Waals surface area contributed by atoms with Gasteiger partial charge in [-0.15, -0.1) is 0 Å². The van der Waals surface area contributed by atoms with Crippen LogP contribution in [0.4, 0.5) is 5.69 Å². The molecule has 0 unspecified atom stereocenters. The molecule has 0 fully saturated rings. The maximum absolute atomic E-state index is 12.5. The quantitative estimate of drug-likeness (QED) is 0.824. The molecule has 0 aliphatic heterocycles. The highest BCUT2D eigenvalue weighted by molar-refractivity contribution is 6.30. The molecule has 3 nitrogen and oxygen atoms in total. The van der Waals surface area contributed by atoms with Gasteiger partial charge in [0.25, 0.3) is 0 Å². The molecule has 0 saturated carbocycles. The van der Waals surface area contributed by atoms with E-state index in [2.05, 4.69) is 4.98 Å². The number of rotatable bonds is 5. The second-order valence-electron chi connectivity index (χ2n) is 5.42. The number of amides is 1. The van der Waals surface area contributed by atoms with Crippen LogP contribution in [0.25, 0.3) is 0 Å². The first-order valence-electron chi connectivity index (χ1n) is 7.01. The molecule has 0 saturated heterocycles. The number of carbonyl (C=O) groups is 1. The molecule has 1 amide bonds. The normalized spacial score (nSPS) is 10.7. The lowest BCUT2D eigenvalue weighted by atomic mass is 10.1. The van der Waals surface area contributed by atoms with E-state index in [4.69, 9.17) is 11.6 Å². The van der Waals surface area contributed by atoms with E-state index in [-0.39, 0.29) is 5.91 Å². The molecule has 0 aliphatic carbocycles. The minimum absolute atomic E-state index is 0.108. The first-order valence-corrected chi connectivity index (χ1v) is 7.39. The molecule has 2 rings (SSSR count). The van der Waals surface area contributed by atoms with Gasteiger partial charge >= 0.3 is 0 Å². The van der Waals surface area contributed by atoms with Gasteiger partial charge in [-0.25, -0.2) is 0 Å². The van der Waals surface area contributed by atoms with E-state index in [0.29, 0.717) is 23.9 Å².